The fourth-order valence-corrected chi connectivity index (χ4v) is 1.81. The molecule has 0 aliphatic carbocycles. The first-order valence-corrected chi connectivity index (χ1v) is 5.20. The van der Waals surface area contributed by atoms with Crippen LogP contribution in [-0.2, 0) is 4.79 Å². The van der Waals surface area contributed by atoms with Gasteiger partial charge in [-0.05, 0) is 31.5 Å². The van der Waals surface area contributed by atoms with Crippen LogP contribution >= 0.6 is 0 Å². The molecule has 15 heavy (non-hydrogen) atoms. The maximum atomic E-state index is 12.0. The molecule has 0 aromatic carbocycles. The van der Waals surface area contributed by atoms with E-state index >= 15 is 0 Å². The first kappa shape index (κ1) is 10.1. The van der Waals surface area contributed by atoms with Gasteiger partial charge in [0.2, 0.25) is 5.91 Å². The molecule has 0 spiro atoms. The van der Waals surface area contributed by atoms with Crippen molar-refractivity contribution in [3.05, 3.63) is 24.5 Å². The second kappa shape index (κ2) is 4.40. The van der Waals surface area contributed by atoms with Crippen molar-refractivity contribution in [3.63, 3.8) is 0 Å². The Hall–Kier alpha value is -1.42. The summed E-state index contributed by atoms with van der Waals surface area (Å²) in [5, 5.41) is 3.20. The molecule has 1 saturated heterocycles. The Morgan fingerprint density at radius 1 is 1.67 bits per heavy atom. The summed E-state index contributed by atoms with van der Waals surface area (Å²) in [6.07, 6.45) is 5.42. The summed E-state index contributed by atoms with van der Waals surface area (Å²) in [6.45, 7) is 0.942. The standard InChI is InChI=1S/C11H15N3O/c1-14(9-4-2-6-12-8-9)11(15)10-5-3-7-13-10/h2,4,6,8,10,13H,3,5,7H2,1H3/t10-/m1/s1. The summed E-state index contributed by atoms with van der Waals surface area (Å²) in [5.41, 5.74) is 0.844. The lowest BCUT2D eigenvalue weighted by Gasteiger charge is -2.20. The van der Waals surface area contributed by atoms with E-state index in [0.29, 0.717) is 0 Å². The zero-order valence-electron chi connectivity index (χ0n) is 8.81. The average Bonchev–Trinajstić information content (AvgIpc) is 2.82. The van der Waals surface area contributed by atoms with Gasteiger partial charge < -0.3 is 10.2 Å². The third-order valence-electron chi connectivity index (χ3n) is 2.72. The predicted octanol–water partition coefficient (Wildman–Crippen LogP) is 0.796. The van der Waals surface area contributed by atoms with Crippen LogP contribution in [-0.4, -0.2) is 30.5 Å². The minimum Gasteiger partial charge on any atom is -0.313 e. The number of nitrogens with zero attached hydrogens (tertiary/aromatic N) is 2. The quantitative estimate of drug-likeness (QED) is 0.776. The van der Waals surface area contributed by atoms with Gasteiger partial charge >= 0.3 is 0 Å². The molecule has 2 rings (SSSR count). The molecule has 1 aromatic heterocycles. The first-order chi connectivity index (χ1) is 7.29. The second-order valence-corrected chi connectivity index (χ2v) is 3.76. The SMILES string of the molecule is CN(C(=O)[C@H]1CCCN1)c1cccnc1. The van der Waals surface area contributed by atoms with Crippen LogP contribution in [0.2, 0.25) is 0 Å². The Morgan fingerprint density at radius 3 is 3.13 bits per heavy atom. The zero-order chi connectivity index (χ0) is 10.7. The Kier molecular flexibility index (Phi) is 2.97. The minimum absolute atomic E-state index is 0.0183. The molecule has 1 aliphatic rings. The summed E-state index contributed by atoms with van der Waals surface area (Å²) in [6, 6.07) is 3.70. The fourth-order valence-electron chi connectivity index (χ4n) is 1.81. The number of pyridine rings is 1. The van der Waals surface area contributed by atoms with Gasteiger partial charge in [-0.25, -0.2) is 0 Å². The maximum absolute atomic E-state index is 12.0. The van der Waals surface area contributed by atoms with Gasteiger partial charge in [0.1, 0.15) is 0 Å². The van der Waals surface area contributed by atoms with Crippen LogP contribution in [0.1, 0.15) is 12.8 Å². The van der Waals surface area contributed by atoms with E-state index in [1.807, 2.05) is 12.1 Å². The van der Waals surface area contributed by atoms with Crippen LogP contribution in [0.5, 0.6) is 0 Å². The first-order valence-electron chi connectivity index (χ1n) is 5.20. The number of aromatic nitrogens is 1. The third kappa shape index (κ3) is 2.15. The average molecular weight is 205 g/mol. The molecular formula is C11H15N3O. The fraction of sp³-hybridized carbons (Fsp3) is 0.455. The Bertz CT molecular complexity index is 333. The number of hydrogen-bond donors (Lipinski definition) is 1. The van der Waals surface area contributed by atoms with Crippen molar-refractivity contribution in [1.29, 1.82) is 0 Å². The van der Waals surface area contributed by atoms with Gasteiger partial charge in [-0.3, -0.25) is 9.78 Å². The van der Waals surface area contributed by atoms with Crippen LogP contribution in [0.3, 0.4) is 0 Å². The Balaban J connectivity index is 2.07. The molecule has 1 aliphatic heterocycles. The Labute approximate surface area is 89.3 Å². The number of hydrogen-bond acceptors (Lipinski definition) is 3. The van der Waals surface area contributed by atoms with Crippen molar-refractivity contribution in [2.45, 2.75) is 18.9 Å². The molecule has 1 atom stereocenters. The van der Waals surface area contributed by atoms with Crippen molar-refractivity contribution in [3.8, 4) is 0 Å². The lowest BCUT2D eigenvalue weighted by molar-refractivity contribution is -0.119. The second-order valence-electron chi connectivity index (χ2n) is 3.76. The van der Waals surface area contributed by atoms with Crippen LogP contribution in [0.15, 0.2) is 24.5 Å². The maximum Gasteiger partial charge on any atom is 0.243 e. The highest BCUT2D eigenvalue weighted by atomic mass is 16.2. The van der Waals surface area contributed by atoms with Crippen LogP contribution in [0.25, 0.3) is 0 Å². The summed E-state index contributed by atoms with van der Waals surface area (Å²) in [4.78, 5) is 17.6. The van der Waals surface area contributed by atoms with E-state index in [4.69, 9.17) is 0 Å². The summed E-state index contributed by atoms with van der Waals surface area (Å²) >= 11 is 0. The lowest BCUT2D eigenvalue weighted by atomic mass is 10.2. The van der Waals surface area contributed by atoms with Crippen LogP contribution in [0, 0.1) is 0 Å². The van der Waals surface area contributed by atoms with Gasteiger partial charge in [-0.1, -0.05) is 0 Å². The molecule has 0 unspecified atom stereocenters. The van der Waals surface area contributed by atoms with Crippen LogP contribution in [0.4, 0.5) is 5.69 Å². The van der Waals surface area contributed by atoms with E-state index in [9.17, 15) is 4.79 Å². The molecule has 1 N–H and O–H groups in total. The van der Waals surface area contributed by atoms with Gasteiger partial charge in [0.15, 0.2) is 0 Å². The highest BCUT2D eigenvalue weighted by Gasteiger charge is 2.25. The Morgan fingerprint density at radius 2 is 2.53 bits per heavy atom. The van der Waals surface area contributed by atoms with Gasteiger partial charge in [-0.15, -0.1) is 0 Å². The smallest absolute Gasteiger partial charge is 0.243 e. The van der Waals surface area contributed by atoms with E-state index in [-0.39, 0.29) is 11.9 Å². The highest BCUT2D eigenvalue weighted by molar-refractivity contribution is 5.96. The summed E-state index contributed by atoms with van der Waals surface area (Å²) < 4.78 is 0. The number of carbonyl (C=O) groups excluding carboxylic acids is 1. The van der Waals surface area contributed by atoms with E-state index < -0.39 is 0 Å². The number of rotatable bonds is 2. The van der Waals surface area contributed by atoms with Crippen molar-refractivity contribution in [2.75, 3.05) is 18.5 Å². The largest absolute Gasteiger partial charge is 0.313 e. The molecule has 4 heteroatoms. The molecule has 1 aromatic rings. The van der Waals surface area contributed by atoms with Gasteiger partial charge in [0.05, 0.1) is 17.9 Å². The molecule has 80 valence electrons. The molecular weight excluding hydrogens is 190 g/mol. The van der Waals surface area contributed by atoms with Gasteiger partial charge in [0.25, 0.3) is 0 Å². The van der Waals surface area contributed by atoms with E-state index in [1.54, 1.807) is 24.3 Å². The van der Waals surface area contributed by atoms with Crippen molar-refractivity contribution < 1.29 is 4.79 Å². The molecule has 1 fully saturated rings. The number of amides is 1. The number of anilines is 1. The van der Waals surface area contributed by atoms with Crippen LogP contribution < -0.4 is 10.2 Å². The summed E-state index contributed by atoms with van der Waals surface area (Å²) in [5.74, 6) is 0.125. The lowest BCUT2D eigenvalue weighted by Crippen LogP contribution is -2.41. The number of nitrogens with one attached hydrogen (secondary N) is 1. The predicted molar refractivity (Wildman–Crippen MR) is 58.7 cm³/mol. The van der Waals surface area contributed by atoms with Crippen molar-refractivity contribution in [1.82, 2.24) is 10.3 Å². The van der Waals surface area contributed by atoms with E-state index in [0.717, 1.165) is 25.1 Å². The topological polar surface area (TPSA) is 45.2 Å². The molecule has 1 amide bonds. The third-order valence-corrected chi connectivity index (χ3v) is 2.72. The molecule has 2 heterocycles. The normalized spacial score (nSPS) is 20.2. The van der Waals surface area contributed by atoms with E-state index in [2.05, 4.69) is 10.3 Å². The monoisotopic (exact) mass is 205 g/mol. The van der Waals surface area contributed by atoms with Gasteiger partial charge in [0, 0.05) is 13.2 Å². The minimum atomic E-state index is -0.0183. The van der Waals surface area contributed by atoms with Crippen molar-refractivity contribution >= 4 is 11.6 Å². The van der Waals surface area contributed by atoms with Gasteiger partial charge in [-0.2, -0.15) is 0 Å². The number of carbonyl (C=O) groups is 1. The van der Waals surface area contributed by atoms with Crippen molar-refractivity contribution in [2.24, 2.45) is 0 Å². The molecule has 0 saturated carbocycles. The summed E-state index contributed by atoms with van der Waals surface area (Å²) in [7, 11) is 1.79. The van der Waals surface area contributed by atoms with E-state index in [1.165, 1.54) is 0 Å². The molecule has 0 radical (unpaired) electrons. The molecule has 0 bridgehead atoms. The highest BCUT2D eigenvalue weighted by Crippen LogP contribution is 2.14. The molecule has 4 nitrogen and oxygen atoms in total. The number of likely N-dealkylation sites (N-methyl/N-ethyl adjacent to an activating group) is 1. The zero-order valence-corrected chi connectivity index (χ0v) is 8.81.